The van der Waals surface area contributed by atoms with Crippen LogP contribution < -0.4 is 4.90 Å². The summed E-state index contributed by atoms with van der Waals surface area (Å²) in [7, 11) is 3.47. The van der Waals surface area contributed by atoms with E-state index in [1.165, 1.54) is 0 Å². The minimum atomic E-state index is -0.600. The second-order valence-corrected chi connectivity index (χ2v) is 4.80. The van der Waals surface area contributed by atoms with E-state index in [-0.39, 0.29) is 12.5 Å². The van der Waals surface area contributed by atoms with E-state index in [9.17, 15) is 9.90 Å². The Morgan fingerprint density at radius 1 is 1.47 bits per heavy atom. The van der Waals surface area contributed by atoms with Crippen LogP contribution in [-0.4, -0.2) is 48.1 Å². The van der Waals surface area contributed by atoms with Crippen molar-refractivity contribution in [2.75, 3.05) is 32.1 Å². The van der Waals surface area contributed by atoms with E-state index < -0.39 is 6.10 Å². The lowest BCUT2D eigenvalue weighted by molar-refractivity contribution is -0.127. The van der Waals surface area contributed by atoms with E-state index in [1.54, 1.807) is 38.2 Å². The van der Waals surface area contributed by atoms with Gasteiger partial charge in [-0.15, -0.1) is 0 Å². The molecular weight excluding hydrogens is 242 g/mol. The largest absolute Gasteiger partial charge is 0.389 e. The Bertz CT molecular complexity index is 419. The van der Waals surface area contributed by atoms with Crippen molar-refractivity contribution in [3.05, 3.63) is 23.9 Å². The number of amides is 1. The highest BCUT2D eigenvalue weighted by atomic mass is 16.3. The molecule has 1 N–H and O–H groups in total. The van der Waals surface area contributed by atoms with Crippen LogP contribution in [0.3, 0.4) is 0 Å². The molecule has 0 fully saturated rings. The number of rotatable bonds is 6. The topological polar surface area (TPSA) is 56.7 Å². The molecule has 0 spiro atoms. The van der Waals surface area contributed by atoms with Crippen molar-refractivity contribution in [2.45, 2.75) is 26.4 Å². The summed E-state index contributed by atoms with van der Waals surface area (Å²) in [4.78, 5) is 19.7. The van der Waals surface area contributed by atoms with Crippen molar-refractivity contribution in [1.29, 1.82) is 0 Å². The highest BCUT2D eigenvalue weighted by Crippen LogP contribution is 2.23. The smallest absolute Gasteiger partial charge is 0.241 e. The maximum Gasteiger partial charge on any atom is 0.241 e. The molecule has 0 aliphatic heterocycles. The van der Waals surface area contributed by atoms with Crippen LogP contribution in [0.1, 0.15) is 31.9 Å². The molecule has 0 saturated heterocycles. The van der Waals surface area contributed by atoms with Crippen molar-refractivity contribution < 1.29 is 9.90 Å². The molecule has 0 radical (unpaired) electrons. The van der Waals surface area contributed by atoms with E-state index >= 15 is 0 Å². The van der Waals surface area contributed by atoms with Crippen molar-refractivity contribution >= 4 is 11.7 Å². The Morgan fingerprint density at radius 2 is 2.16 bits per heavy atom. The third-order valence-corrected chi connectivity index (χ3v) is 2.88. The summed E-state index contributed by atoms with van der Waals surface area (Å²) in [5.41, 5.74) is 0.752. The van der Waals surface area contributed by atoms with Crippen molar-refractivity contribution in [1.82, 2.24) is 9.88 Å². The zero-order valence-corrected chi connectivity index (χ0v) is 12.1. The SMILES string of the molecule is CCCN(CC(=O)N(C)C)c1ncccc1[C@H](C)O. The number of likely N-dealkylation sites (N-methyl/N-ethyl adjacent to an activating group) is 1. The first-order valence-electron chi connectivity index (χ1n) is 6.55. The van der Waals surface area contributed by atoms with Gasteiger partial charge in [0, 0.05) is 32.4 Å². The van der Waals surface area contributed by atoms with E-state index in [4.69, 9.17) is 0 Å². The number of hydrogen-bond donors (Lipinski definition) is 1. The van der Waals surface area contributed by atoms with Gasteiger partial charge in [0.05, 0.1) is 12.6 Å². The zero-order chi connectivity index (χ0) is 14.4. The molecule has 19 heavy (non-hydrogen) atoms. The molecule has 0 unspecified atom stereocenters. The maximum atomic E-state index is 11.9. The van der Waals surface area contributed by atoms with Crippen molar-refractivity contribution in [2.24, 2.45) is 0 Å². The van der Waals surface area contributed by atoms with E-state index in [2.05, 4.69) is 11.9 Å². The molecule has 1 aromatic rings. The van der Waals surface area contributed by atoms with Gasteiger partial charge in [0.25, 0.3) is 0 Å². The molecule has 0 aliphatic rings. The fourth-order valence-corrected chi connectivity index (χ4v) is 1.83. The molecule has 0 bridgehead atoms. The molecular formula is C14H23N3O2. The number of pyridine rings is 1. The second-order valence-electron chi connectivity index (χ2n) is 4.80. The highest BCUT2D eigenvalue weighted by molar-refractivity contribution is 5.80. The van der Waals surface area contributed by atoms with E-state index in [0.29, 0.717) is 5.82 Å². The predicted molar refractivity (Wildman–Crippen MR) is 76.1 cm³/mol. The first kappa shape index (κ1) is 15.4. The van der Waals surface area contributed by atoms with Gasteiger partial charge >= 0.3 is 0 Å². The molecule has 1 heterocycles. The number of hydrogen-bond acceptors (Lipinski definition) is 4. The average molecular weight is 265 g/mol. The first-order valence-corrected chi connectivity index (χ1v) is 6.55. The van der Waals surface area contributed by atoms with Gasteiger partial charge in [-0.2, -0.15) is 0 Å². The number of aromatic nitrogens is 1. The normalized spacial score (nSPS) is 12.1. The minimum Gasteiger partial charge on any atom is -0.389 e. The second kappa shape index (κ2) is 7.09. The number of carbonyl (C=O) groups is 1. The minimum absolute atomic E-state index is 0.0237. The summed E-state index contributed by atoms with van der Waals surface area (Å²) in [5, 5.41) is 9.80. The Labute approximate surface area is 114 Å². The summed E-state index contributed by atoms with van der Waals surface area (Å²) in [6.45, 7) is 4.77. The summed E-state index contributed by atoms with van der Waals surface area (Å²) in [6.07, 6.45) is 2.00. The average Bonchev–Trinajstić information content (AvgIpc) is 2.37. The summed E-state index contributed by atoms with van der Waals surface area (Å²) >= 11 is 0. The molecule has 0 saturated carbocycles. The van der Waals surface area contributed by atoms with Crippen LogP contribution >= 0.6 is 0 Å². The lowest BCUT2D eigenvalue weighted by atomic mass is 10.1. The lowest BCUT2D eigenvalue weighted by Gasteiger charge is -2.26. The fourth-order valence-electron chi connectivity index (χ4n) is 1.83. The standard InChI is InChI=1S/C14H23N3O2/c1-5-9-17(10-13(19)16(3)4)14-12(11(2)18)7-6-8-15-14/h6-8,11,18H,5,9-10H2,1-4H3/t11-/m0/s1. The van der Waals surface area contributed by atoms with Gasteiger partial charge < -0.3 is 14.9 Å². The molecule has 1 rings (SSSR count). The lowest BCUT2D eigenvalue weighted by Crippen LogP contribution is -2.38. The number of nitrogens with zero attached hydrogens (tertiary/aromatic N) is 3. The highest BCUT2D eigenvalue weighted by Gasteiger charge is 2.18. The molecule has 1 aromatic heterocycles. The van der Waals surface area contributed by atoms with Crippen LogP contribution in [0, 0.1) is 0 Å². The zero-order valence-electron chi connectivity index (χ0n) is 12.1. The Hall–Kier alpha value is -1.62. The summed E-state index contributed by atoms with van der Waals surface area (Å²) in [6, 6.07) is 3.64. The van der Waals surface area contributed by atoms with Gasteiger partial charge in [-0.3, -0.25) is 4.79 Å². The first-order chi connectivity index (χ1) is 8.97. The summed E-state index contributed by atoms with van der Waals surface area (Å²) in [5.74, 6) is 0.713. The quantitative estimate of drug-likeness (QED) is 0.845. The molecule has 0 aliphatic carbocycles. The van der Waals surface area contributed by atoms with Crippen LogP contribution in [0.25, 0.3) is 0 Å². The van der Waals surface area contributed by atoms with Gasteiger partial charge in [-0.05, 0) is 19.4 Å². The van der Waals surface area contributed by atoms with Gasteiger partial charge in [0.15, 0.2) is 0 Å². The van der Waals surface area contributed by atoms with Crippen molar-refractivity contribution in [3.63, 3.8) is 0 Å². The number of anilines is 1. The van der Waals surface area contributed by atoms with Crippen LogP contribution in [0.15, 0.2) is 18.3 Å². The van der Waals surface area contributed by atoms with Gasteiger partial charge in [-0.1, -0.05) is 13.0 Å². The number of aliphatic hydroxyl groups excluding tert-OH is 1. The Balaban J connectivity index is 3.02. The van der Waals surface area contributed by atoms with Gasteiger partial charge in [-0.25, -0.2) is 4.98 Å². The molecule has 1 amide bonds. The molecule has 5 heteroatoms. The fraction of sp³-hybridized carbons (Fsp3) is 0.571. The van der Waals surface area contributed by atoms with Crippen LogP contribution in [0.2, 0.25) is 0 Å². The molecule has 5 nitrogen and oxygen atoms in total. The monoisotopic (exact) mass is 265 g/mol. The van der Waals surface area contributed by atoms with Gasteiger partial charge in [0.1, 0.15) is 5.82 Å². The van der Waals surface area contributed by atoms with E-state index in [0.717, 1.165) is 18.5 Å². The van der Waals surface area contributed by atoms with Crippen molar-refractivity contribution in [3.8, 4) is 0 Å². The van der Waals surface area contributed by atoms with E-state index in [1.807, 2.05) is 11.0 Å². The third kappa shape index (κ3) is 4.21. The van der Waals surface area contributed by atoms with Crippen LogP contribution in [0.4, 0.5) is 5.82 Å². The maximum absolute atomic E-state index is 11.9. The summed E-state index contributed by atoms with van der Waals surface area (Å²) < 4.78 is 0. The number of carbonyl (C=O) groups excluding carboxylic acids is 1. The van der Waals surface area contributed by atoms with Crippen LogP contribution in [-0.2, 0) is 4.79 Å². The number of aliphatic hydroxyl groups is 1. The van der Waals surface area contributed by atoms with Crippen LogP contribution in [0.5, 0.6) is 0 Å². The Kier molecular flexibility index (Phi) is 5.76. The molecule has 1 atom stereocenters. The predicted octanol–water partition coefficient (Wildman–Crippen LogP) is 1.44. The Morgan fingerprint density at radius 3 is 2.68 bits per heavy atom. The molecule has 0 aromatic carbocycles. The third-order valence-electron chi connectivity index (χ3n) is 2.88. The molecule has 106 valence electrons. The van der Waals surface area contributed by atoms with Gasteiger partial charge in [0.2, 0.25) is 5.91 Å².